The van der Waals surface area contributed by atoms with Crippen LogP contribution in [-0.2, 0) is 13.2 Å². The smallest absolute Gasteiger partial charge is 0.129 e. The average Bonchev–Trinajstić information content (AvgIpc) is 2.79. The monoisotopic (exact) mass is 238 g/mol. The first kappa shape index (κ1) is 12.6. The first-order chi connectivity index (χ1) is 8.19. The molecule has 2 atom stereocenters. The average molecular weight is 238 g/mol. The molecule has 1 aliphatic rings. The summed E-state index contributed by atoms with van der Waals surface area (Å²) in [6.45, 7) is 4.15. The molecule has 1 aromatic heterocycles. The summed E-state index contributed by atoms with van der Waals surface area (Å²) in [4.78, 5) is 2.40. The summed E-state index contributed by atoms with van der Waals surface area (Å²) in [5, 5.41) is 12.4. The quantitative estimate of drug-likeness (QED) is 0.831. The first-order valence-electron chi connectivity index (χ1n) is 6.31. The maximum absolute atomic E-state index is 8.91. The van der Waals surface area contributed by atoms with Gasteiger partial charge in [-0.05, 0) is 45.5 Å². The van der Waals surface area contributed by atoms with Gasteiger partial charge < -0.3 is 19.7 Å². The molecule has 2 N–H and O–H groups in total. The Hall–Kier alpha value is -0.840. The van der Waals surface area contributed by atoms with Crippen LogP contribution in [0.1, 0.15) is 31.3 Å². The Kier molecular flexibility index (Phi) is 4.20. The third-order valence-corrected chi connectivity index (χ3v) is 3.65. The maximum atomic E-state index is 8.91. The van der Waals surface area contributed by atoms with E-state index in [-0.39, 0.29) is 6.61 Å². The van der Waals surface area contributed by atoms with Crippen LogP contribution in [-0.4, -0.2) is 35.7 Å². The lowest BCUT2D eigenvalue weighted by Gasteiger charge is -2.35. The molecule has 0 saturated carbocycles. The minimum absolute atomic E-state index is 0.0226. The lowest BCUT2D eigenvalue weighted by molar-refractivity contribution is 0.166. The maximum Gasteiger partial charge on any atom is 0.129 e. The van der Waals surface area contributed by atoms with E-state index in [1.807, 2.05) is 12.1 Å². The van der Waals surface area contributed by atoms with E-state index in [4.69, 9.17) is 9.52 Å². The van der Waals surface area contributed by atoms with Gasteiger partial charge in [-0.2, -0.15) is 0 Å². The van der Waals surface area contributed by atoms with Crippen LogP contribution in [0.15, 0.2) is 16.5 Å². The molecule has 0 aromatic carbocycles. The highest BCUT2D eigenvalue weighted by Crippen LogP contribution is 2.16. The van der Waals surface area contributed by atoms with E-state index in [0.717, 1.165) is 18.8 Å². The van der Waals surface area contributed by atoms with Crippen molar-refractivity contribution in [1.82, 2.24) is 10.2 Å². The molecular weight excluding hydrogens is 216 g/mol. The molecule has 0 amide bonds. The molecule has 0 aliphatic carbocycles. The second-order valence-corrected chi connectivity index (χ2v) is 4.96. The largest absolute Gasteiger partial charge is 0.462 e. The predicted octanol–water partition coefficient (Wildman–Crippen LogP) is 1.34. The number of hydrogen-bond donors (Lipinski definition) is 2. The van der Waals surface area contributed by atoms with Crippen molar-refractivity contribution in [3.63, 3.8) is 0 Å². The highest BCUT2D eigenvalue weighted by molar-refractivity contribution is 5.06. The van der Waals surface area contributed by atoms with Crippen LogP contribution < -0.4 is 5.32 Å². The summed E-state index contributed by atoms with van der Waals surface area (Å²) in [7, 11) is 2.18. The molecule has 0 radical (unpaired) electrons. The number of nitrogens with one attached hydrogen (secondary N) is 1. The predicted molar refractivity (Wildman–Crippen MR) is 66.6 cm³/mol. The minimum Gasteiger partial charge on any atom is -0.462 e. The van der Waals surface area contributed by atoms with Crippen LogP contribution in [0.3, 0.4) is 0 Å². The van der Waals surface area contributed by atoms with E-state index >= 15 is 0 Å². The third kappa shape index (κ3) is 3.31. The zero-order valence-electron chi connectivity index (χ0n) is 10.6. The van der Waals surface area contributed by atoms with Crippen molar-refractivity contribution in [1.29, 1.82) is 0 Å². The molecule has 0 bridgehead atoms. The van der Waals surface area contributed by atoms with Gasteiger partial charge in [-0.15, -0.1) is 0 Å². The van der Waals surface area contributed by atoms with Crippen molar-refractivity contribution in [2.24, 2.45) is 0 Å². The molecule has 2 unspecified atom stereocenters. The summed E-state index contributed by atoms with van der Waals surface area (Å²) < 4.78 is 5.45. The van der Waals surface area contributed by atoms with Gasteiger partial charge in [0, 0.05) is 12.1 Å². The summed E-state index contributed by atoms with van der Waals surface area (Å²) in [5.41, 5.74) is 0. The summed E-state index contributed by atoms with van der Waals surface area (Å²) in [5.74, 6) is 1.54. The van der Waals surface area contributed by atoms with Gasteiger partial charge in [-0.3, -0.25) is 0 Å². The molecular formula is C13H22N2O2. The number of aliphatic hydroxyl groups excluding tert-OH is 1. The second-order valence-electron chi connectivity index (χ2n) is 4.96. The van der Waals surface area contributed by atoms with Crippen molar-refractivity contribution in [3.8, 4) is 0 Å². The van der Waals surface area contributed by atoms with Crippen molar-refractivity contribution < 1.29 is 9.52 Å². The van der Waals surface area contributed by atoms with E-state index in [2.05, 4.69) is 24.2 Å². The zero-order valence-corrected chi connectivity index (χ0v) is 10.6. The molecule has 1 saturated heterocycles. The Morgan fingerprint density at radius 2 is 2.24 bits per heavy atom. The molecule has 2 rings (SSSR count). The van der Waals surface area contributed by atoms with E-state index in [0.29, 0.717) is 17.8 Å². The van der Waals surface area contributed by atoms with E-state index in [9.17, 15) is 0 Å². The fourth-order valence-electron chi connectivity index (χ4n) is 2.32. The number of hydrogen-bond acceptors (Lipinski definition) is 4. The van der Waals surface area contributed by atoms with Gasteiger partial charge >= 0.3 is 0 Å². The van der Waals surface area contributed by atoms with Gasteiger partial charge in [0.05, 0.1) is 6.54 Å². The molecule has 1 fully saturated rings. The van der Waals surface area contributed by atoms with Gasteiger partial charge in [-0.25, -0.2) is 0 Å². The zero-order chi connectivity index (χ0) is 12.3. The Balaban J connectivity index is 1.78. The fraction of sp³-hybridized carbons (Fsp3) is 0.692. The van der Waals surface area contributed by atoms with Crippen molar-refractivity contribution in [2.75, 3.05) is 13.6 Å². The van der Waals surface area contributed by atoms with Gasteiger partial charge in [0.15, 0.2) is 0 Å². The Morgan fingerprint density at radius 3 is 2.88 bits per heavy atom. The SMILES string of the molecule is CC1CC(NCc2ccc(CO)o2)CCN1C. The molecule has 1 aromatic rings. The van der Waals surface area contributed by atoms with Crippen LogP contribution in [0.25, 0.3) is 0 Å². The molecule has 96 valence electrons. The lowest BCUT2D eigenvalue weighted by Crippen LogP contribution is -2.45. The third-order valence-electron chi connectivity index (χ3n) is 3.65. The molecule has 4 nitrogen and oxygen atoms in total. The number of furan rings is 1. The highest BCUT2D eigenvalue weighted by Gasteiger charge is 2.22. The number of piperidine rings is 1. The Labute approximate surface area is 103 Å². The lowest BCUT2D eigenvalue weighted by atomic mass is 9.99. The van der Waals surface area contributed by atoms with Crippen LogP contribution >= 0.6 is 0 Å². The molecule has 2 heterocycles. The van der Waals surface area contributed by atoms with Gasteiger partial charge in [-0.1, -0.05) is 0 Å². The molecule has 17 heavy (non-hydrogen) atoms. The Morgan fingerprint density at radius 1 is 1.47 bits per heavy atom. The van der Waals surface area contributed by atoms with Crippen LogP contribution in [0.2, 0.25) is 0 Å². The minimum atomic E-state index is -0.0226. The van der Waals surface area contributed by atoms with Crippen LogP contribution in [0.4, 0.5) is 0 Å². The first-order valence-corrected chi connectivity index (χ1v) is 6.31. The molecule has 0 spiro atoms. The summed E-state index contributed by atoms with van der Waals surface area (Å²) in [6.07, 6.45) is 2.37. The number of likely N-dealkylation sites (tertiary alicyclic amines) is 1. The highest BCUT2D eigenvalue weighted by atomic mass is 16.4. The van der Waals surface area contributed by atoms with Crippen LogP contribution in [0.5, 0.6) is 0 Å². The van der Waals surface area contributed by atoms with Crippen molar-refractivity contribution in [3.05, 3.63) is 23.7 Å². The van der Waals surface area contributed by atoms with E-state index < -0.39 is 0 Å². The topological polar surface area (TPSA) is 48.6 Å². The second kappa shape index (κ2) is 5.67. The summed E-state index contributed by atoms with van der Waals surface area (Å²) >= 11 is 0. The van der Waals surface area contributed by atoms with Crippen molar-refractivity contribution in [2.45, 2.75) is 45.0 Å². The normalized spacial score (nSPS) is 26.3. The number of rotatable bonds is 4. The van der Waals surface area contributed by atoms with Gasteiger partial charge in [0.1, 0.15) is 18.1 Å². The number of nitrogens with zero attached hydrogens (tertiary/aromatic N) is 1. The molecule has 4 heteroatoms. The Bertz CT molecular complexity index is 351. The van der Waals surface area contributed by atoms with E-state index in [1.165, 1.54) is 12.8 Å². The number of aliphatic hydroxyl groups is 1. The fourth-order valence-corrected chi connectivity index (χ4v) is 2.32. The van der Waals surface area contributed by atoms with Crippen molar-refractivity contribution >= 4 is 0 Å². The van der Waals surface area contributed by atoms with Gasteiger partial charge in [0.25, 0.3) is 0 Å². The standard InChI is InChI=1S/C13H22N2O2/c1-10-7-11(5-6-15(10)2)14-8-12-3-4-13(9-16)17-12/h3-4,10-11,14,16H,5-9H2,1-2H3. The van der Waals surface area contributed by atoms with Gasteiger partial charge in [0.2, 0.25) is 0 Å². The van der Waals surface area contributed by atoms with E-state index in [1.54, 1.807) is 0 Å². The van der Waals surface area contributed by atoms with Crippen LogP contribution in [0, 0.1) is 0 Å². The summed E-state index contributed by atoms with van der Waals surface area (Å²) in [6, 6.07) is 4.97. The molecule has 1 aliphatic heterocycles.